The van der Waals surface area contributed by atoms with Gasteiger partial charge in [0.1, 0.15) is 0 Å². The van der Waals surface area contributed by atoms with Crippen LogP contribution in [0, 0.1) is 0 Å². The topological polar surface area (TPSA) is 159 Å². The van der Waals surface area contributed by atoms with Gasteiger partial charge in [-0.25, -0.2) is 31.8 Å². The highest BCUT2D eigenvalue weighted by Crippen LogP contribution is 2.33. The van der Waals surface area contributed by atoms with E-state index in [1.165, 1.54) is 36.4 Å². The second-order valence-corrected chi connectivity index (χ2v) is 10.8. The van der Waals surface area contributed by atoms with Gasteiger partial charge in [0.05, 0.1) is 16.2 Å². The van der Waals surface area contributed by atoms with Crippen LogP contribution in [0.3, 0.4) is 0 Å². The van der Waals surface area contributed by atoms with E-state index >= 15 is 0 Å². The Morgan fingerprint density at radius 2 is 1.58 bits per heavy atom. The molecule has 0 amide bonds. The van der Waals surface area contributed by atoms with Crippen molar-refractivity contribution in [2.75, 3.05) is 12.5 Å². The van der Waals surface area contributed by atoms with Crippen LogP contribution in [0.1, 0.15) is 16.8 Å². The first-order chi connectivity index (χ1) is 15.2. The fourth-order valence-corrected chi connectivity index (χ4v) is 3.99. The molecule has 3 rings (SSSR count). The van der Waals surface area contributed by atoms with E-state index < -0.39 is 31.4 Å². The minimum absolute atomic E-state index is 0.0200. The second kappa shape index (κ2) is 9.91. The summed E-state index contributed by atoms with van der Waals surface area (Å²) < 4.78 is 87.0. The van der Waals surface area contributed by atoms with Gasteiger partial charge in [-0.1, -0.05) is 12.1 Å². The molecule has 0 bridgehead atoms. The van der Waals surface area contributed by atoms with Crippen molar-refractivity contribution in [3.05, 3.63) is 65.6 Å². The lowest BCUT2D eigenvalue weighted by molar-refractivity contribution is -0.138. The van der Waals surface area contributed by atoms with Crippen LogP contribution in [0.5, 0.6) is 0 Å². The van der Waals surface area contributed by atoms with E-state index in [0.29, 0.717) is 11.8 Å². The summed E-state index contributed by atoms with van der Waals surface area (Å²) in [5.74, 6) is 7.93. The standard InChI is InChI=1S/C19H16F3N3O4S2.H4N2/c1-30(26,27)14-5-3-4-12(8-14)9-16-15(19(20,21)22)11-24-18(25-16)13-6-7-17(23-10-13)31(2,28)29;1-2/h3-8,10-11H,9H2,1-2H3;1-2H2. The molecular weight excluding hydrogens is 483 g/mol. The molecule has 0 aliphatic rings. The summed E-state index contributed by atoms with van der Waals surface area (Å²) in [6, 6.07) is 8.14. The van der Waals surface area contributed by atoms with E-state index in [1.807, 2.05) is 0 Å². The van der Waals surface area contributed by atoms with Crippen LogP contribution in [-0.2, 0) is 32.3 Å². The Bertz CT molecular complexity index is 1340. The zero-order valence-corrected chi connectivity index (χ0v) is 19.0. The fourth-order valence-electron chi connectivity index (χ4n) is 2.74. The van der Waals surface area contributed by atoms with E-state index in [2.05, 4.69) is 26.6 Å². The number of nitrogens with two attached hydrogens (primary N) is 2. The SMILES string of the molecule is CS(=O)(=O)c1cccc(Cc2nc(-c3ccc(S(C)(=O)=O)nc3)ncc2C(F)(F)F)c1.NN. The van der Waals surface area contributed by atoms with Crippen molar-refractivity contribution in [3.63, 3.8) is 0 Å². The van der Waals surface area contributed by atoms with Crippen LogP contribution in [0.4, 0.5) is 13.2 Å². The Hall–Kier alpha value is -2.94. The highest BCUT2D eigenvalue weighted by atomic mass is 32.2. The van der Waals surface area contributed by atoms with Gasteiger partial charge in [0, 0.05) is 36.9 Å². The molecule has 0 saturated carbocycles. The van der Waals surface area contributed by atoms with Crippen LogP contribution in [0.2, 0.25) is 0 Å². The lowest BCUT2D eigenvalue weighted by Gasteiger charge is -2.13. The van der Waals surface area contributed by atoms with Crippen molar-refractivity contribution in [2.24, 2.45) is 11.7 Å². The number of benzene rings is 1. The van der Waals surface area contributed by atoms with Crippen LogP contribution >= 0.6 is 0 Å². The quantitative estimate of drug-likeness (QED) is 0.391. The molecule has 2 aromatic heterocycles. The molecule has 33 heavy (non-hydrogen) atoms. The molecule has 2 heterocycles. The van der Waals surface area contributed by atoms with Gasteiger partial charge in [0.2, 0.25) is 0 Å². The molecule has 0 aliphatic carbocycles. The maximum atomic E-state index is 13.5. The minimum atomic E-state index is -4.72. The summed E-state index contributed by atoms with van der Waals surface area (Å²) in [7, 11) is -7.08. The van der Waals surface area contributed by atoms with E-state index in [1.54, 1.807) is 0 Å². The van der Waals surface area contributed by atoms with E-state index in [9.17, 15) is 30.0 Å². The Balaban J connectivity index is 0.00000187. The first-order valence-electron chi connectivity index (χ1n) is 8.97. The number of sulfone groups is 2. The Labute approximate surface area is 188 Å². The van der Waals surface area contributed by atoms with Gasteiger partial charge >= 0.3 is 6.18 Å². The van der Waals surface area contributed by atoms with Crippen molar-refractivity contribution < 1.29 is 30.0 Å². The largest absolute Gasteiger partial charge is 0.419 e. The molecule has 9 nitrogen and oxygen atoms in total. The number of halogens is 3. The molecule has 0 fully saturated rings. The molecule has 14 heteroatoms. The minimum Gasteiger partial charge on any atom is -0.274 e. The van der Waals surface area contributed by atoms with Gasteiger partial charge in [-0.15, -0.1) is 0 Å². The van der Waals surface area contributed by atoms with Gasteiger partial charge in [-0.05, 0) is 29.8 Å². The van der Waals surface area contributed by atoms with Gasteiger partial charge < -0.3 is 0 Å². The summed E-state index contributed by atoms with van der Waals surface area (Å²) >= 11 is 0. The number of alkyl halides is 3. The predicted molar refractivity (Wildman–Crippen MR) is 114 cm³/mol. The molecule has 3 aromatic rings. The molecule has 0 atom stereocenters. The lowest BCUT2D eigenvalue weighted by Crippen LogP contribution is -2.13. The molecule has 0 spiro atoms. The molecular formula is C19H20F3N5O4S2. The maximum absolute atomic E-state index is 13.5. The van der Waals surface area contributed by atoms with Crippen LogP contribution in [-0.4, -0.2) is 44.3 Å². The molecule has 1 aromatic carbocycles. The van der Waals surface area contributed by atoms with Gasteiger partial charge in [-0.2, -0.15) is 13.2 Å². The van der Waals surface area contributed by atoms with Gasteiger partial charge in [0.25, 0.3) is 0 Å². The molecule has 178 valence electrons. The normalized spacial score (nSPS) is 12.1. The third-order valence-corrected chi connectivity index (χ3v) is 6.36. The average Bonchev–Trinajstić information content (AvgIpc) is 2.73. The number of hydrogen-bond acceptors (Lipinski definition) is 9. The Morgan fingerprint density at radius 3 is 2.09 bits per heavy atom. The van der Waals surface area contributed by atoms with E-state index in [0.717, 1.165) is 18.7 Å². The zero-order chi connectivity index (χ0) is 25.0. The van der Waals surface area contributed by atoms with Crippen LogP contribution < -0.4 is 11.7 Å². The number of nitrogens with zero attached hydrogens (tertiary/aromatic N) is 3. The van der Waals surface area contributed by atoms with Crippen molar-refractivity contribution in [1.29, 1.82) is 0 Å². The first-order valence-corrected chi connectivity index (χ1v) is 12.8. The third-order valence-electron chi connectivity index (χ3n) is 4.25. The van der Waals surface area contributed by atoms with Crippen molar-refractivity contribution in [3.8, 4) is 11.4 Å². The molecule has 0 saturated heterocycles. The lowest BCUT2D eigenvalue weighted by atomic mass is 10.1. The first kappa shape index (κ1) is 26.3. The molecule has 0 radical (unpaired) electrons. The summed E-state index contributed by atoms with van der Waals surface area (Å²) in [6.45, 7) is 0. The maximum Gasteiger partial charge on any atom is 0.419 e. The summed E-state index contributed by atoms with van der Waals surface area (Å²) in [4.78, 5) is 11.5. The average molecular weight is 504 g/mol. The summed E-state index contributed by atoms with van der Waals surface area (Å²) in [5, 5.41) is -0.194. The number of hydrazine groups is 1. The van der Waals surface area contributed by atoms with Gasteiger partial charge in [0.15, 0.2) is 30.5 Å². The fraction of sp³-hybridized carbons (Fsp3) is 0.211. The van der Waals surface area contributed by atoms with Gasteiger partial charge in [-0.3, -0.25) is 11.7 Å². The van der Waals surface area contributed by atoms with Crippen molar-refractivity contribution in [2.45, 2.75) is 22.5 Å². The predicted octanol–water partition coefficient (Wildman–Crippen LogP) is 1.77. The third kappa shape index (κ3) is 6.77. The number of aromatic nitrogens is 3. The highest BCUT2D eigenvalue weighted by molar-refractivity contribution is 7.91. The summed E-state index contributed by atoms with van der Waals surface area (Å²) in [5.41, 5.74) is -0.854. The highest BCUT2D eigenvalue weighted by Gasteiger charge is 2.35. The summed E-state index contributed by atoms with van der Waals surface area (Å²) in [6.07, 6.45) is -1.23. The number of hydrogen-bond donors (Lipinski definition) is 2. The Kier molecular flexibility index (Phi) is 7.90. The molecule has 0 aliphatic heterocycles. The van der Waals surface area contributed by atoms with Crippen LogP contribution in [0.25, 0.3) is 11.4 Å². The Morgan fingerprint density at radius 1 is 0.909 bits per heavy atom. The van der Waals surface area contributed by atoms with Crippen LogP contribution in [0.15, 0.2) is 58.7 Å². The smallest absolute Gasteiger partial charge is 0.274 e. The number of pyridine rings is 1. The van der Waals surface area contributed by atoms with E-state index in [4.69, 9.17) is 0 Å². The zero-order valence-electron chi connectivity index (χ0n) is 17.4. The number of rotatable bonds is 5. The van der Waals surface area contributed by atoms with E-state index in [-0.39, 0.29) is 33.4 Å². The molecule has 0 unspecified atom stereocenters. The second-order valence-electron chi connectivity index (χ2n) is 6.81. The monoisotopic (exact) mass is 503 g/mol. The van der Waals surface area contributed by atoms with Crippen molar-refractivity contribution in [1.82, 2.24) is 15.0 Å². The van der Waals surface area contributed by atoms with Crippen molar-refractivity contribution >= 4 is 19.7 Å². The molecule has 4 N–H and O–H groups in total.